The Morgan fingerprint density at radius 3 is 2.88 bits per heavy atom. The Labute approximate surface area is 153 Å². The summed E-state index contributed by atoms with van der Waals surface area (Å²) in [5, 5.41) is 7.41. The summed E-state index contributed by atoms with van der Waals surface area (Å²) in [5.41, 5.74) is 3.22. The van der Waals surface area contributed by atoms with Crippen LogP contribution >= 0.6 is 0 Å². The monoisotopic (exact) mass is 349 g/mol. The van der Waals surface area contributed by atoms with Crippen molar-refractivity contribution in [1.82, 2.24) is 24.6 Å². The molecule has 0 bridgehead atoms. The van der Waals surface area contributed by atoms with Crippen LogP contribution in [0.25, 0.3) is 5.69 Å². The molecule has 4 rings (SSSR count). The van der Waals surface area contributed by atoms with Crippen molar-refractivity contribution in [2.45, 2.75) is 32.5 Å². The number of hydrogen-bond donors (Lipinski definition) is 1. The number of carbonyl (C=O) groups is 1. The Kier molecular flexibility index (Phi) is 4.24. The van der Waals surface area contributed by atoms with Crippen LogP contribution in [0.1, 0.15) is 37.2 Å². The number of aromatic nitrogens is 3. The van der Waals surface area contributed by atoms with Gasteiger partial charge < -0.3 is 14.8 Å². The van der Waals surface area contributed by atoms with E-state index in [1.54, 1.807) is 6.20 Å². The Morgan fingerprint density at radius 2 is 2.08 bits per heavy atom. The van der Waals surface area contributed by atoms with Crippen LogP contribution in [0.15, 0.2) is 61.1 Å². The molecule has 0 fully saturated rings. The highest BCUT2D eigenvalue weighted by Gasteiger charge is 2.28. The standard InChI is InChI=1S/C20H23N5O/c1-15(17-6-3-7-18(14-17)25-11-5-9-21-25)22-20(26)24-13-12-23-10-4-8-19(23)16(24)2/h3-11,14-16H,12-13H2,1-2H3,(H,22,26). The number of urea groups is 1. The van der Waals surface area contributed by atoms with Gasteiger partial charge in [-0.05, 0) is 49.7 Å². The molecule has 1 aliphatic heterocycles. The first-order chi connectivity index (χ1) is 12.6. The highest BCUT2D eigenvalue weighted by molar-refractivity contribution is 5.75. The molecule has 134 valence electrons. The molecule has 0 spiro atoms. The molecule has 3 aromatic rings. The minimum absolute atomic E-state index is 0.0260. The molecule has 6 heteroatoms. The summed E-state index contributed by atoms with van der Waals surface area (Å²) in [7, 11) is 0. The van der Waals surface area contributed by atoms with Crippen molar-refractivity contribution in [3.8, 4) is 5.69 Å². The van der Waals surface area contributed by atoms with Crippen molar-refractivity contribution in [3.63, 3.8) is 0 Å². The van der Waals surface area contributed by atoms with Crippen LogP contribution < -0.4 is 5.32 Å². The smallest absolute Gasteiger partial charge is 0.318 e. The van der Waals surface area contributed by atoms with Crippen LogP contribution in [0.3, 0.4) is 0 Å². The maximum absolute atomic E-state index is 12.8. The number of hydrogen-bond acceptors (Lipinski definition) is 2. The lowest BCUT2D eigenvalue weighted by atomic mass is 10.1. The van der Waals surface area contributed by atoms with Crippen LogP contribution in [0.4, 0.5) is 4.79 Å². The Hall–Kier alpha value is -3.02. The van der Waals surface area contributed by atoms with E-state index in [2.05, 4.69) is 40.2 Å². The average molecular weight is 349 g/mol. The van der Waals surface area contributed by atoms with E-state index in [0.717, 1.165) is 17.8 Å². The molecule has 6 nitrogen and oxygen atoms in total. The Balaban J connectivity index is 1.47. The lowest BCUT2D eigenvalue weighted by Crippen LogP contribution is -2.46. The second kappa shape index (κ2) is 6.71. The number of nitrogens with zero attached hydrogens (tertiary/aromatic N) is 4. The summed E-state index contributed by atoms with van der Waals surface area (Å²) in [4.78, 5) is 14.7. The molecule has 0 saturated carbocycles. The number of amides is 2. The van der Waals surface area contributed by atoms with E-state index in [9.17, 15) is 4.79 Å². The summed E-state index contributed by atoms with van der Waals surface area (Å²) in [6.45, 7) is 5.64. The topological polar surface area (TPSA) is 55.1 Å². The number of benzene rings is 1. The van der Waals surface area contributed by atoms with Crippen molar-refractivity contribution in [1.29, 1.82) is 0 Å². The molecule has 2 atom stereocenters. The molecule has 26 heavy (non-hydrogen) atoms. The van der Waals surface area contributed by atoms with Gasteiger partial charge in [-0.3, -0.25) is 0 Å². The fourth-order valence-electron chi connectivity index (χ4n) is 3.57. The van der Waals surface area contributed by atoms with E-state index in [4.69, 9.17) is 0 Å². The molecule has 1 aliphatic rings. The quantitative estimate of drug-likeness (QED) is 0.786. The summed E-state index contributed by atoms with van der Waals surface area (Å²) in [6, 6.07) is 14.1. The van der Waals surface area contributed by atoms with Crippen molar-refractivity contribution in [2.24, 2.45) is 0 Å². The zero-order valence-corrected chi connectivity index (χ0v) is 15.0. The van der Waals surface area contributed by atoms with Gasteiger partial charge in [-0.15, -0.1) is 0 Å². The number of carbonyl (C=O) groups excluding carboxylic acids is 1. The van der Waals surface area contributed by atoms with E-state index in [1.165, 1.54) is 5.69 Å². The molecule has 0 saturated heterocycles. The Morgan fingerprint density at radius 1 is 1.19 bits per heavy atom. The number of fused-ring (bicyclic) bond motifs is 1. The van der Waals surface area contributed by atoms with Gasteiger partial charge in [0.25, 0.3) is 0 Å². The first-order valence-corrected chi connectivity index (χ1v) is 8.95. The third-order valence-corrected chi connectivity index (χ3v) is 5.08. The van der Waals surface area contributed by atoms with Crippen LogP contribution in [0.5, 0.6) is 0 Å². The maximum Gasteiger partial charge on any atom is 0.318 e. The number of rotatable bonds is 3. The minimum atomic E-state index is -0.0843. The van der Waals surface area contributed by atoms with Gasteiger partial charge >= 0.3 is 6.03 Å². The average Bonchev–Trinajstić information content (AvgIpc) is 3.34. The van der Waals surface area contributed by atoms with Gasteiger partial charge in [-0.25, -0.2) is 9.48 Å². The largest absolute Gasteiger partial charge is 0.348 e. The minimum Gasteiger partial charge on any atom is -0.348 e. The summed E-state index contributed by atoms with van der Waals surface area (Å²) >= 11 is 0. The van der Waals surface area contributed by atoms with Gasteiger partial charge in [0.2, 0.25) is 0 Å². The summed E-state index contributed by atoms with van der Waals surface area (Å²) in [5.74, 6) is 0. The van der Waals surface area contributed by atoms with E-state index in [0.29, 0.717) is 6.54 Å². The third-order valence-electron chi connectivity index (χ3n) is 5.08. The normalized spacial score (nSPS) is 17.6. The molecular formula is C20H23N5O. The molecule has 0 aliphatic carbocycles. The first-order valence-electron chi connectivity index (χ1n) is 8.95. The van der Waals surface area contributed by atoms with Gasteiger partial charge in [0.1, 0.15) is 0 Å². The highest BCUT2D eigenvalue weighted by atomic mass is 16.2. The second-order valence-electron chi connectivity index (χ2n) is 6.71. The molecule has 1 aromatic carbocycles. The summed E-state index contributed by atoms with van der Waals surface area (Å²) < 4.78 is 4.03. The number of nitrogens with one attached hydrogen (secondary N) is 1. The van der Waals surface area contributed by atoms with Gasteiger partial charge in [0.05, 0.1) is 17.8 Å². The lowest BCUT2D eigenvalue weighted by Gasteiger charge is -2.35. The molecule has 0 radical (unpaired) electrons. The van der Waals surface area contributed by atoms with E-state index in [-0.39, 0.29) is 18.1 Å². The molecule has 2 amide bonds. The van der Waals surface area contributed by atoms with Gasteiger partial charge in [-0.1, -0.05) is 12.1 Å². The zero-order chi connectivity index (χ0) is 18.1. The Bertz CT molecular complexity index is 899. The van der Waals surface area contributed by atoms with Crippen molar-refractivity contribution < 1.29 is 4.79 Å². The third kappa shape index (κ3) is 2.98. The van der Waals surface area contributed by atoms with E-state index < -0.39 is 0 Å². The molecular weight excluding hydrogens is 326 g/mol. The fourth-order valence-corrected chi connectivity index (χ4v) is 3.57. The van der Waals surface area contributed by atoms with Crippen LogP contribution in [0, 0.1) is 0 Å². The van der Waals surface area contributed by atoms with E-state index >= 15 is 0 Å². The maximum atomic E-state index is 12.8. The van der Waals surface area contributed by atoms with Crippen molar-refractivity contribution in [2.75, 3.05) is 6.54 Å². The van der Waals surface area contributed by atoms with Crippen molar-refractivity contribution >= 4 is 6.03 Å². The molecule has 3 heterocycles. The molecule has 2 aromatic heterocycles. The van der Waals surface area contributed by atoms with Gasteiger partial charge in [-0.2, -0.15) is 5.10 Å². The van der Waals surface area contributed by atoms with Gasteiger partial charge in [0.15, 0.2) is 0 Å². The van der Waals surface area contributed by atoms with Crippen LogP contribution in [-0.4, -0.2) is 31.8 Å². The van der Waals surface area contributed by atoms with Gasteiger partial charge in [0, 0.05) is 37.4 Å². The highest BCUT2D eigenvalue weighted by Crippen LogP contribution is 2.26. The molecule has 1 N–H and O–H groups in total. The van der Waals surface area contributed by atoms with Crippen LogP contribution in [0.2, 0.25) is 0 Å². The summed E-state index contributed by atoms with van der Waals surface area (Å²) in [6.07, 6.45) is 5.74. The second-order valence-corrected chi connectivity index (χ2v) is 6.71. The van der Waals surface area contributed by atoms with Crippen LogP contribution in [-0.2, 0) is 6.54 Å². The van der Waals surface area contributed by atoms with Crippen molar-refractivity contribution in [3.05, 3.63) is 72.3 Å². The zero-order valence-electron chi connectivity index (χ0n) is 15.0. The first kappa shape index (κ1) is 16.4. The SMILES string of the molecule is CC(NC(=O)N1CCn2cccc2C1C)c1cccc(-n2cccn2)c1. The lowest BCUT2D eigenvalue weighted by molar-refractivity contribution is 0.159. The predicted octanol–water partition coefficient (Wildman–Crippen LogP) is 3.52. The predicted molar refractivity (Wildman–Crippen MR) is 100 cm³/mol. The molecule has 2 unspecified atom stereocenters. The van der Waals surface area contributed by atoms with E-state index in [1.807, 2.05) is 53.0 Å². The fraction of sp³-hybridized carbons (Fsp3) is 0.300.